The molecule has 0 atom stereocenters. The van der Waals surface area contributed by atoms with E-state index in [1.165, 1.54) is 0 Å². The van der Waals surface area contributed by atoms with Crippen LogP contribution in [0.1, 0.15) is 129 Å². The fourth-order valence-electron chi connectivity index (χ4n) is 4.54. The Morgan fingerprint density at radius 1 is 0.639 bits per heavy atom. The van der Waals surface area contributed by atoms with Crippen molar-refractivity contribution in [3.63, 3.8) is 0 Å². The van der Waals surface area contributed by atoms with Gasteiger partial charge in [-0.15, -0.1) is 0 Å². The molecule has 0 N–H and O–H groups in total. The van der Waals surface area contributed by atoms with Gasteiger partial charge in [-0.1, -0.05) is 114 Å². The van der Waals surface area contributed by atoms with Gasteiger partial charge in [0, 0.05) is 28.2 Å². The van der Waals surface area contributed by atoms with E-state index in [9.17, 15) is 9.46 Å². The number of benzene rings is 2. The van der Waals surface area contributed by atoms with Crippen LogP contribution >= 0.6 is 7.82 Å². The van der Waals surface area contributed by atoms with Gasteiger partial charge >= 0.3 is 37.4 Å². The van der Waals surface area contributed by atoms with Gasteiger partial charge in [0.05, 0.1) is 0 Å². The molecule has 0 fully saturated rings. The van der Waals surface area contributed by atoms with Gasteiger partial charge in [-0.25, -0.2) is 4.57 Å². The van der Waals surface area contributed by atoms with Crippen molar-refractivity contribution in [1.82, 2.24) is 0 Å². The topological polar surface area (TPSA) is 58.6 Å². The van der Waals surface area contributed by atoms with Crippen LogP contribution in [0.3, 0.4) is 0 Å². The van der Waals surface area contributed by atoms with Crippen molar-refractivity contribution in [3.8, 4) is 11.5 Å². The number of fused-ring (bicyclic) bond motifs is 2. The number of hydrogen-bond acceptors (Lipinski definition) is 4. The zero-order chi connectivity index (χ0) is 26.9. The third kappa shape index (κ3) is 6.44. The maximum atomic E-state index is 13.4. The molecule has 36 heavy (non-hydrogen) atoms. The predicted octanol–water partition coefficient (Wildman–Crippen LogP) is 5.27. The summed E-state index contributed by atoms with van der Waals surface area (Å²) in [5.74, 6) is 0.674. The van der Waals surface area contributed by atoms with Crippen molar-refractivity contribution in [3.05, 3.63) is 57.6 Å². The van der Waals surface area contributed by atoms with Crippen LogP contribution in [-0.4, -0.2) is 0 Å². The third-order valence-corrected chi connectivity index (χ3v) is 7.73. The first-order valence-electron chi connectivity index (χ1n) is 12.6. The molecule has 4 nitrogen and oxygen atoms in total. The Kier molecular flexibility index (Phi) is 8.53. The van der Waals surface area contributed by atoms with Crippen molar-refractivity contribution >= 4 is 7.82 Å². The minimum Gasteiger partial charge on any atom is -0.736 e. The number of phosphoric acid groups is 1. The Labute approximate surface area is 241 Å². The molecule has 0 unspecified atom stereocenters. The predicted molar refractivity (Wildman–Crippen MR) is 144 cm³/mol. The van der Waals surface area contributed by atoms with E-state index in [1.807, 2.05) is 0 Å². The quantitative estimate of drug-likeness (QED) is 0.349. The summed E-state index contributed by atoms with van der Waals surface area (Å²) in [7, 11) is -4.70. The smallest absolute Gasteiger partial charge is 0.736 e. The number of hydrogen-bond donors (Lipinski definition) is 0. The van der Waals surface area contributed by atoms with Gasteiger partial charge in [-0.05, 0) is 32.8 Å². The number of rotatable bonds is 0. The van der Waals surface area contributed by atoms with Gasteiger partial charge < -0.3 is 13.9 Å². The number of phosphoric ester groups is 1. The summed E-state index contributed by atoms with van der Waals surface area (Å²) in [4.78, 5) is 13.4. The molecule has 3 rings (SSSR count). The zero-order valence-electron chi connectivity index (χ0n) is 25.0. The average Bonchev–Trinajstić information content (AvgIpc) is 2.62. The molecule has 1 heterocycles. The van der Waals surface area contributed by atoms with E-state index in [1.54, 1.807) is 0 Å². The molecule has 2 aromatic rings. The molecule has 0 saturated carbocycles. The molecule has 1 aliphatic rings. The van der Waals surface area contributed by atoms with Gasteiger partial charge in [-0.2, -0.15) is 0 Å². The molecule has 0 aliphatic carbocycles. The molecule has 6 heteroatoms. The maximum absolute atomic E-state index is 13.4. The zero-order valence-corrected chi connectivity index (χ0v) is 27.9. The first kappa shape index (κ1) is 31.4. The fourth-order valence-corrected chi connectivity index (χ4v) is 5.43. The van der Waals surface area contributed by atoms with Gasteiger partial charge in [0.2, 0.25) is 0 Å². The second-order valence-corrected chi connectivity index (χ2v) is 15.5. The van der Waals surface area contributed by atoms with Crippen molar-refractivity contribution in [1.29, 1.82) is 0 Å². The Morgan fingerprint density at radius 2 is 0.944 bits per heavy atom. The summed E-state index contributed by atoms with van der Waals surface area (Å²) in [6.45, 7) is 27.7. The Balaban J connectivity index is 0.00000456. The van der Waals surface area contributed by atoms with Crippen LogP contribution in [0.4, 0.5) is 0 Å². The van der Waals surface area contributed by atoms with Crippen LogP contribution in [0.15, 0.2) is 24.3 Å². The summed E-state index contributed by atoms with van der Waals surface area (Å²) >= 11 is 0. The van der Waals surface area contributed by atoms with E-state index >= 15 is 0 Å². The van der Waals surface area contributed by atoms with E-state index < -0.39 is 7.82 Å². The normalized spacial score (nSPS) is 20.7. The second kappa shape index (κ2) is 9.76. The minimum atomic E-state index is -4.70. The first-order chi connectivity index (χ1) is 15.5. The molecule has 0 aromatic heterocycles. The molecule has 0 bridgehead atoms. The molecule has 2 aromatic carbocycles. The van der Waals surface area contributed by atoms with Gasteiger partial charge in [0.1, 0.15) is 11.5 Å². The molecule has 0 radical (unpaired) electrons. The summed E-state index contributed by atoms with van der Waals surface area (Å²) < 4.78 is 25.0. The Morgan fingerprint density at radius 3 is 1.19 bits per heavy atom. The minimum absolute atomic E-state index is 0. The van der Waals surface area contributed by atoms with Crippen LogP contribution in [0, 0.1) is 0 Å². The van der Waals surface area contributed by atoms with Crippen molar-refractivity contribution < 1.29 is 48.1 Å². The molecular formula is C30H44NaO4P. The Hall–Kier alpha value is -0.770. The fraction of sp³-hybridized carbons (Fsp3) is 0.600. The van der Waals surface area contributed by atoms with E-state index in [2.05, 4.69) is 114 Å². The molecule has 1 aliphatic heterocycles. The molecular weight excluding hydrogens is 478 g/mol. The molecule has 0 saturated heterocycles. The monoisotopic (exact) mass is 522 g/mol. The van der Waals surface area contributed by atoms with Crippen LogP contribution < -0.4 is 43.5 Å². The molecule has 0 amide bonds. The summed E-state index contributed by atoms with van der Waals surface area (Å²) in [6.07, 6.45) is 0. The van der Waals surface area contributed by atoms with Gasteiger partial charge in [0.25, 0.3) is 0 Å². The molecule has 0 spiro atoms. The summed E-state index contributed by atoms with van der Waals surface area (Å²) in [5, 5.41) is 0. The third-order valence-electron chi connectivity index (χ3n) is 6.92. The van der Waals surface area contributed by atoms with Crippen LogP contribution in [0.5, 0.6) is 11.5 Å². The Bertz CT molecular complexity index is 1100. The van der Waals surface area contributed by atoms with E-state index in [0.29, 0.717) is 11.5 Å². The van der Waals surface area contributed by atoms with Gasteiger partial charge in [-0.3, -0.25) is 0 Å². The molecule has 194 valence electrons. The summed E-state index contributed by atoms with van der Waals surface area (Å²) in [5.41, 5.74) is 4.96. The summed E-state index contributed by atoms with van der Waals surface area (Å²) in [6, 6.07) is 8.45. The van der Waals surface area contributed by atoms with Crippen molar-refractivity contribution in [2.75, 3.05) is 0 Å². The van der Waals surface area contributed by atoms with Crippen LogP contribution in [0.2, 0.25) is 0 Å². The van der Waals surface area contributed by atoms with E-state index in [-0.39, 0.29) is 57.1 Å². The second-order valence-electron chi connectivity index (χ2n) is 14.2. The standard InChI is InChI=1S/C30H45O4P.Na/c1-18-21-14-19(27(2,3)4)16-23(29(8,9)10)25(21)33-35(31,32)34-26-22(18)15-20(28(5,6)7)17-24(26)30(11,12)13;/h14-18H,1-13H3,(H,31,32);/q;+1/p-1. The average molecular weight is 523 g/mol. The first-order valence-corrected chi connectivity index (χ1v) is 14.1. The van der Waals surface area contributed by atoms with Gasteiger partial charge in [0.15, 0.2) is 0 Å². The maximum Gasteiger partial charge on any atom is 1.00 e. The SMILES string of the molecule is CC1c2cc(C(C)(C)C)cc(C(C)(C)C)c2OP(=O)([O-])Oc2c1cc(C(C)(C)C)cc2C(C)(C)C.[Na+]. The van der Waals surface area contributed by atoms with E-state index in [4.69, 9.17) is 9.05 Å². The van der Waals surface area contributed by atoms with Crippen molar-refractivity contribution in [2.45, 2.75) is 118 Å². The largest absolute Gasteiger partial charge is 1.00 e. The van der Waals surface area contributed by atoms with Crippen LogP contribution in [0.25, 0.3) is 0 Å². The van der Waals surface area contributed by atoms with Crippen LogP contribution in [-0.2, 0) is 26.2 Å². The van der Waals surface area contributed by atoms with Crippen molar-refractivity contribution in [2.24, 2.45) is 0 Å². The van der Waals surface area contributed by atoms with E-state index in [0.717, 1.165) is 33.4 Å².